The van der Waals surface area contributed by atoms with E-state index < -0.39 is 5.91 Å². The van der Waals surface area contributed by atoms with E-state index in [-0.39, 0.29) is 41.2 Å². The molecular formula is C16H17N7NaO2. The first-order chi connectivity index (χ1) is 12.1. The standard InChI is InChI=1S/C16H17N7O2.Na/c1-23(2)11-6-4-10(5-7-11)13-8-12(25-3)9-14(17-13)15(24)18-16-19-21-22-20-16;/h4-9H,1-3H3,(H2,18,19,20,21,22,24);. The first-order valence-corrected chi connectivity index (χ1v) is 7.46. The number of methoxy groups -OCH3 is 1. The Bertz CT molecular complexity index is 867. The van der Waals surface area contributed by atoms with Crippen molar-refractivity contribution in [2.75, 3.05) is 31.4 Å². The van der Waals surface area contributed by atoms with Crippen molar-refractivity contribution in [1.82, 2.24) is 25.6 Å². The molecule has 1 aromatic carbocycles. The van der Waals surface area contributed by atoms with Gasteiger partial charge in [0.05, 0.1) is 12.8 Å². The van der Waals surface area contributed by atoms with Crippen LogP contribution in [0.4, 0.5) is 11.6 Å². The number of benzene rings is 1. The minimum absolute atomic E-state index is 0. The summed E-state index contributed by atoms with van der Waals surface area (Å²) >= 11 is 0. The molecule has 0 saturated carbocycles. The predicted molar refractivity (Wildman–Crippen MR) is 98.4 cm³/mol. The van der Waals surface area contributed by atoms with Gasteiger partial charge in [-0.3, -0.25) is 10.1 Å². The van der Waals surface area contributed by atoms with Crippen molar-refractivity contribution in [2.45, 2.75) is 0 Å². The summed E-state index contributed by atoms with van der Waals surface area (Å²) in [5.41, 5.74) is 2.77. The van der Waals surface area contributed by atoms with E-state index in [0.717, 1.165) is 11.3 Å². The summed E-state index contributed by atoms with van der Waals surface area (Å²) in [5, 5.41) is 15.4. The minimum Gasteiger partial charge on any atom is -0.497 e. The molecule has 2 aromatic heterocycles. The maximum Gasteiger partial charge on any atom is 0.276 e. The fraction of sp³-hybridized carbons (Fsp3) is 0.188. The summed E-state index contributed by atoms with van der Waals surface area (Å²) in [6, 6.07) is 11.2. The van der Waals surface area contributed by atoms with Gasteiger partial charge in [-0.05, 0) is 22.6 Å². The summed E-state index contributed by atoms with van der Waals surface area (Å²) in [6.07, 6.45) is 0. The van der Waals surface area contributed by atoms with E-state index in [0.29, 0.717) is 11.4 Å². The number of nitrogens with one attached hydrogen (secondary N) is 2. The van der Waals surface area contributed by atoms with Crippen molar-refractivity contribution in [1.29, 1.82) is 0 Å². The molecule has 0 aliphatic rings. The third-order valence-corrected chi connectivity index (χ3v) is 3.52. The monoisotopic (exact) mass is 362 g/mol. The van der Waals surface area contributed by atoms with Crippen LogP contribution in [0.25, 0.3) is 11.3 Å². The molecule has 0 aliphatic carbocycles. The quantitative estimate of drug-likeness (QED) is 0.657. The molecule has 0 bridgehead atoms. The van der Waals surface area contributed by atoms with Crippen LogP contribution < -0.4 is 15.0 Å². The second kappa shape index (κ2) is 8.75. The summed E-state index contributed by atoms with van der Waals surface area (Å²) in [4.78, 5) is 18.8. The van der Waals surface area contributed by atoms with Crippen molar-refractivity contribution >= 4 is 47.1 Å². The number of tetrazole rings is 1. The molecule has 0 atom stereocenters. The van der Waals surface area contributed by atoms with Crippen LogP contribution in [0.15, 0.2) is 36.4 Å². The molecule has 0 saturated heterocycles. The zero-order chi connectivity index (χ0) is 17.8. The maximum atomic E-state index is 12.4. The molecule has 0 spiro atoms. The summed E-state index contributed by atoms with van der Waals surface area (Å²) in [6.45, 7) is 0. The zero-order valence-corrected chi connectivity index (χ0v) is 17.0. The number of carbonyl (C=O) groups excluding carboxylic acids is 1. The van der Waals surface area contributed by atoms with Crippen molar-refractivity contribution in [3.05, 3.63) is 42.1 Å². The van der Waals surface area contributed by atoms with Gasteiger partial charge in [0.1, 0.15) is 11.4 Å². The molecule has 9 nitrogen and oxygen atoms in total. The Hall–Kier alpha value is -2.49. The number of hydrogen-bond donors (Lipinski definition) is 2. The number of carbonyl (C=O) groups is 1. The van der Waals surface area contributed by atoms with Crippen molar-refractivity contribution in [3.8, 4) is 17.0 Å². The number of pyridine rings is 1. The number of H-pyrrole nitrogens is 1. The number of rotatable bonds is 5. The molecule has 10 heteroatoms. The van der Waals surface area contributed by atoms with E-state index in [4.69, 9.17) is 4.74 Å². The van der Waals surface area contributed by atoms with E-state index in [1.807, 2.05) is 43.3 Å². The summed E-state index contributed by atoms with van der Waals surface area (Å²) in [5.74, 6) is 0.234. The van der Waals surface area contributed by atoms with Crippen LogP contribution in [0.2, 0.25) is 0 Å². The number of anilines is 2. The van der Waals surface area contributed by atoms with Crippen molar-refractivity contribution in [2.24, 2.45) is 0 Å². The minimum atomic E-state index is -0.441. The Morgan fingerprint density at radius 1 is 1.19 bits per heavy atom. The Morgan fingerprint density at radius 2 is 1.92 bits per heavy atom. The molecule has 1 radical (unpaired) electrons. The largest absolute Gasteiger partial charge is 0.497 e. The van der Waals surface area contributed by atoms with Crippen LogP contribution in [0.3, 0.4) is 0 Å². The van der Waals surface area contributed by atoms with Crippen LogP contribution in [-0.4, -0.2) is 82.3 Å². The molecule has 2 N–H and O–H groups in total. The number of aromatic amines is 1. The molecule has 3 rings (SSSR count). The molecule has 26 heavy (non-hydrogen) atoms. The average molecular weight is 362 g/mol. The number of amides is 1. The molecular weight excluding hydrogens is 345 g/mol. The van der Waals surface area contributed by atoms with E-state index in [1.54, 1.807) is 12.1 Å². The average Bonchev–Trinajstić information content (AvgIpc) is 3.14. The number of hydrogen-bond acceptors (Lipinski definition) is 7. The third-order valence-electron chi connectivity index (χ3n) is 3.52. The predicted octanol–water partition coefficient (Wildman–Crippen LogP) is 1.21. The van der Waals surface area contributed by atoms with Gasteiger partial charge in [-0.25, -0.2) is 10.1 Å². The van der Waals surface area contributed by atoms with Gasteiger partial charge in [0.25, 0.3) is 5.91 Å². The van der Waals surface area contributed by atoms with Gasteiger partial charge in [-0.15, -0.1) is 0 Å². The second-order valence-electron chi connectivity index (χ2n) is 5.42. The molecule has 3 aromatic rings. The Morgan fingerprint density at radius 3 is 2.50 bits per heavy atom. The SMILES string of the molecule is COc1cc(C(=O)Nc2nnn[nH]2)nc(-c2ccc(N(C)C)cc2)c1.[Na]. The van der Waals surface area contributed by atoms with E-state index in [2.05, 4.69) is 30.9 Å². The summed E-state index contributed by atoms with van der Waals surface area (Å²) < 4.78 is 5.29. The van der Waals surface area contributed by atoms with E-state index in [9.17, 15) is 4.79 Å². The normalized spacial score (nSPS) is 9.96. The van der Waals surface area contributed by atoms with Gasteiger partial charge in [-0.2, -0.15) is 0 Å². The van der Waals surface area contributed by atoms with Gasteiger partial charge >= 0.3 is 0 Å². The van der Waals surface area contributed by atoms with Crippen LogP contribution in [-0.2, 0) is 0 Å². The Labute approximate surface area is 172 Å². The van der Waals surface area contributed by atoms with Crippen LogP contribution in [0.1, 0.15) is 10.5 Å². The van der Waals surface area contributed by atoms with Crippen molar-refractivity contribution in [3.63, 3.8) is 0 Å². The first kappa shape index (κ1) is 19.8. The Kier molecular flexibility index (Phi) is 6.67. The smallest absolute Gasteiger partial charge is 0.276 e. The van der Waals surface area contributed by atoms with Gasteiger partial charge in [0.2, 0.25) is 5.95 Å². The first-order valence-electron chi connectivity index (χ1n) is 7.46. The Balaban J connectivity index is 0.00000243. The van der Waals surface area contributed by atoms with Gasteiger partial charge in [0, 0.05) is 67.0 Å². The molecule has 0 aliphatic heterocycles. The van der Waals surface area contributed by atoms with Crippen LogP contribution >= 0.6 is 0 Å². The molecule has 1 amide bonds. The number of nitrogens with zero attached hydrogens (tertiary/aromatic N) is 5. The van der Waals surface area contributed by atoms with Crippen LogP contribution in [0.5, 0.6) is 5.75 Å². The number of ether oxygens (including phenoxy) is 1. The molecule has 2 heterocycles. The molecule has 129 valence electrons. The molecule has 0 fully saturated rings. The van der Waals surface area contributed by atoms with Crippen LogP contribution in [0, 0.1) is 0 Å². The number of aromatic nitrogens is 5. The maximum absolute atomic E-state index is 12.4. The van der Waals surface area contributed by atoms with E-state index in [1.165, 1.54) is 7.11 Å². The zero-order valence-electron chi connectivity index (χ0n) is 15.0. The fourth-order valence-electron chi connectivity index (χ4n) is 2.20. The topological polar surface area (TPSA) is 109 Å². The van der Waals surface area contributed by atoms with Crippen molar-refractivity contribution < 1.29 is 9.53 Å². The van der Waals surface area contributed by atoms with E-state index >= 15 is 0 Å². The third kappa shape index (κ3) is 4.57. The van der Waals surface area contributed by atoms with Gasteiger partial charge in [0.15, 0.2) is 0 Å². The molecule has 0 unspecified atom stereocenters. The summed E-state index contributed by atoms with van der Waals surface area (Å²) in [7, 11) is 5.48. The fourth-order valence-corrected chi connectivity index (χ4v) is 2.20. The van der Waals surface area contributed by atoms with Gasteiger partial charge in [-0.1, -0.05) is 17.2 Å². The van der Waals surface area contributed by atoms with Gasteiger partial charge < -0.3 is 9.64 Å². The second-order valence-corrected chi connectivity index (χ2v) is 5.42.